The first-order valence-electron chi connectivity index (χ1n) is 6.79. The fraction of sp³-hybridized carbons (Fsp3) is 0.533. The number of carbonyl (C=O) groups excluding carboxylic acids is 1. The Morgan fingerprint density at radius 2 is 1.89 bits per heavy atom. The molecule has 0 saturated heterocycles. The molecule has 0 aromatic heterocycles. The van der Waals surface area contributed by atoms with E-state index < -0.39 is 0 Å². The van der Waals surface area contributed by atoms with E-state index in [0.717, 1.165) is 24.1 Å². The summed E-state index contributed by atoms with van der Waals surface area (Å²) in [6.45, 7) is 4.11. The maximum Gasteiger partial charge on any atom is 0.224 e. The van der Waals surface area contributed by atoms with Crippen LogP contribution in [-0.2, 0) is 4.79 Å². The van der Waals surface area contributed by atoms with Crippen molar-refractivity contribution in [3.8, 4) is 0 Å². The quantitative estimate of drug-likeness (QED) is 0.724. The Kier molecular flexibility index (Phi) is 6.44. The highest BCUT2D eigenvalue weighted by Crippen LogP contribution is 2.14. The zero-order valence-corrected chi connectivity index (χ0v) is 11.4. The van der Waals surface area contributed by atoms with Crippen LogP contribution in [0.1, 0.15) is 57.6 Å². The molecule has 18 heavy (non-hydrogen) atoms. The number of amides is 1. The third kappa shape index (κ3) is 5.32. The van der Waals surface area contributed by atoms with Crippen LogP contribution in [0.25, 0.3) is 0 Å². The highest BCUT2D eigenvalue weighted by atomic mass is 16.1. The lowest BCUT2D eigenvalue weighted by atomic mass is 10.1. The Morgan fingerprint density at radius 1 is 1.22 bits per heavy atom. The van der Waals surface area contributed by atoms with Gasteiger partial charge in [0.1, 0.15) is 0 Å². The molecule has 0 fully saturated rings. The molecule has 0 spiro atoms. The summed E-state index contributed by atoms with van der Waals surface area (Å²) >= 11 is 0. The molecule has 0 bridgehead atoms. The van der Waals surface area contributed by atoms with Crippen molar-refractivity contribution < 1.29 is 4.79 Å². The van der Waals surface area contributed by atoms with Gasteiger partial charge in [-0.2, -0.15) is 0 Å². The number of hydrogen-bond acceptors (Lipinski definition) is 2. The van der Waals surface area contributed by atoms with Crippen molar-refractivity contribution in [1.29, 1.82) is 0 Å². The predicted octanol–water partition coefficient (Wildman–Crippen LogP) is 3.62. The lowest BCUT2D eigenvalue weighted by Crippen LogP contribution is -2.11. The molecule has 100 valence electrons. The number of rotatable bonds is 7. The average molecular weight is 248 g/mol. The first-order chi connectivity index (χ1) is 8.63. The normalized spacial score (nSPS) is 12.2. The maximum absolute atomic E-state index is 11.7. The molecule has 3 N–H and O–H groups in total. The molecule has 0 aliphatic heterocycles. The molecule has 0 saturated carbocycles. The first kappa shape index (κ1) is 14.7. The van der Waals surface area contributed by atoms with Crippen molar-refractivity contribution in [2.75, 3.05) is 5.32 Å². The summed E-state index contributed by atoms with van der Waals surface area (Å²) in [6, 6.07) is 7.75. The zero-order valence-electron chi connectivity index (χ0n) is 11.4. The largest absolute Gasteiger partial charge is 0.326 e. The summed E-state index contributed by atoms with van der Waals surface area (Å²) in [5.41, 5.74) is 7.70. The third-order valence-electron chi connectivity index (χ3n) is 2.98. The summed E-state index contributed by atoms with van der Waals surface area (Å²) in [5, 5.41) is 2.91. The van der Waals surface area contributed by atoms with Crippen LogP contribution in [-0.4, -0.2) is 5.91 Å². The summed E-state index contributed by atoms with van der Waals surface area (Å²) in [4.78, 5) is 11.7. The summed E-state index contributed by atoms with van der Waals surface area (Å²) in [6.07, 6.45) is 5.11. The van der Waals surface area contributed by atoms with Crippen LogP contribution in [0, 0.1) is 0 Å². The van der Waals surface area contributed by atoms with E-state index in [0.29, 0.717) is 6.42 Å². The van der Waals surface area contributed by atoms with Crippen LogP contribution in [0.2, 0.25) is 0 Å². The molecule has 0 heterocycles. The van der Waals surface area contributed by atoms with Crippen molar-refractivity contribution in [1.82, 2.24) is 0 Å². The smallest absolute Gasteiger partial charge is 0.224 e. The van der Waals surface area contributed by atoms with E-state index in [-0.39, 0.29) is 11.9 Å². The van der Waals surface area contributed by atoms with Gasteiger partial charge in [-0.3, -0.25) is 4.79 Å². The molecule has 1 rings (SSSR count). The molecule has 1 amide bonds. The minimum Gasteiger partial charge on any atom is -0.326 e. The first-order valence-corrected chi connectivity index (χ1v) is 6.79. The molecule has 1 unspecified atom stereocenters. The van der Waals surface area contributed by atoms with Crippen molar-refractivity contribution in [2.24, 2.45) is 5.73 Å². The fourth-order valence-electron chi connectivity index (χ4n) is 1.81. The lowest BCUT2D eigenvalue weighted by molar-refractivity contribution is -0.116. The van der Waals surface area contributed by atoms with Crippen LogP contribution in [0.3, 0.4) is 0 Å². The molecule has 0 aliphatic rings. The van der Waals surface area contributed by atoms with Gasteiger partial charge in [0.2, 0.25) is 5.91 Å². The number of anilines is 1. The Balaban J connectivity index is 2.35. The second-order valence-corrected chi connectivity index (χ2v) is 4.77. The Bertz CT molecular complexity index is 357. The van der Waals surface area contributed by atoms with E-state index in [2.05, 4.69) is 12.2 Å². The molecular formula is C15H24N2O. The number of nitrogens with one attached hydrogen (secondary N) is 1. The number of unbranched alkanes of at least 4 members (excludes halogenated alkanes) is 3. The third-order valence-corrected chi connectivity index (χ3v) is 2.98. The van der Waals surface area contributed by atoms with Gasteiger partial charge in [-0.1, -0.05) is 38.3 Å². The Morgan fingerprint density at radius 3 is 2.44 bits per heavy atom. The van der Waals surface area contributed by atoms with Gasteiger partial charge in [-0.05, 0) is 31.0 Å². The van der Waals surface area contributed by atoms with Crippen LogP contribution >= 0.6 is 0 Å². The van der Waals surface area contributed by atoms with E-state index in [1.807, 2.05) is 31.2 Å². The summed E-state index contributed by atoms with van der Waals surface area (Å²) < 4.78 is 0. The standard InChI is InChI=1S/C15H24N2O/c1-3-4-5-6-7-15(18)17-14-10-8-13(9-11-14)12(2)16/h8-12H,3-7,16H2,1-2H3,(H,17,18). The monoisotopic (exact) mass is 248 g/mol. The maximum atomic E-state index is 11.7. The van der Waals surface area contributed by atoms with Crippen molar-refractivity contribution >= 4 is 11.6 Å². The van der Waals surface area contributed by atoms with Crippen molar-refractivity contribution in [3.05, 3.63) is 29.8 Å². The summed E-state index contributed by atoms with van der Waals surface area (Å²) in [5.74, 6) is 0.0969. The molecule has 0 radical (unpaired) electrons. The van der Waals surface area contributed by atoms with E-state index in [9.17, 15) is 4.79 Å². The Labute approximate surface area is 110 Å². The number of carbonyl (C=O) groups is 1. The lowest BCUT2D eigenvalue weighted by Gasteiger charge is -2.08. The van der Waals surface area contributed by atoms with E-state index in [4.69, 9.17) is 5.73 Å². The van der Waals surface area contributed by atoms with Crippen molar-refractivity contribution in [3.63, 3.8) is 0 Å². The molecule has 1 atom stereocenters. The summed E-state index contributed by atoms with van der Waals surface area (Å²) in [7, 11) is 0. The van der Waals surface area contributed by atoms with Crippen LogP contribution in [0.15, 0.2) is 24.3 Å². The second kappa shape index (κ2) is 7.88. The number of nitrogens with two attached hydrogens (primary N) is 1. The van der Waals surface area contributed by atoms with Crippen LogP contribution in [0.4, 0.5) is 5.69 Å². The van der Waals surface area contributed by atoms with E-state index in [1.54, 1.807) is 0 Å². The molecule has 1 aromatic rings. The van der Waals surface area contributed by atoms with Gasteiger partial charge in [0.25, 0.3) is 0 Å². The highest BCUT2D eigenvalue weighted by Gasteiger charge is 2.03. The average Bonchev–Trinajstić information content (AvgIpc) is 2.35. The van der Waals surface area contributed by atoms with Gasteiger partial charge < -0.3 is 11.1 Å². The predicted molar refractivity (Wildman–Crippen MR) is 76.4 cm³/mol. The van der Waals surface area contributed by atoms with Gasteiger partial charge in [-0.15, -0.1) is 0 Å². The molecular weight excluding hydrogens is 224 g/mol. The number of hydrogen-bond donors (Lipinski definition) is 2. The van der Waals surface area contributed by atoms with Crippen LogP contribution in [0.5, 0.6) is 0 Å². The van der Waals surface area contributed by atoms with Gasteiger partial charge >= 0.3 is 0 Å². The van der Waals surface area contributed by atoms with E-state index in [1.165, 1.54) is 12.8 Å². The molecule has 0 aliphatic carbocycles. The van der Waals surface area contributed by atoms with Gasteiger partial charge in [0.15, 0.2) is 0 Å². The van der Waals surface area contributed by atoms with Gasteiger partial charge in [0, 0.05) is 18.2 Å². The minimum absolute atomic E-state index is 0.0313. The molecule has 3 heteroatoms. The highest BCUT2D eigenvalue weighted by molar-refractivity contribution is 5.90. The second-order valence-electron chi connectivity index (χ2n) is 4.77. The minimum atomic E-state index is 0.0313. The molecule has 1 aromatic carbocycles. The number of benzene rings is 1. The topological polar surface area (TPSA) is 55.1 Å². The fourth-order valence-corrected chi connectivity index (χ4v) is 1.81. The zero-order chi connectivity index (χ0) is 13.4. The van der Waals surface area contributed by atoms with E-state index >= 15 is 0 Å². The van der Waals surface area contributed by atoms with Gasteiger partial charge in [-0.25, -0.2) is 0 Å². The van der Waals surface area contributed by atoms with Gasteiger partial charge in [0.05, 0.1) is 0 Å². The Hall–Kier alpha value is -1.35. The van der Waals surface area contributed by atoms with Crippen molar-refractivity contribution in [2.45, 2.75) is 52.0 Å². The van der Waals surface area contributed by atoms with Crippen LogP contribution < -0.4 is 11.1 Å². The SMILES string of the molecule is CCCCCCC(=O)Nc1ccc(C(C)N)cc1. The molecule has 3 nitrogen and oxygen atoms in total.